The second-order valence-electron chi connectivity index (χ2n) is 5.88. The van der Waals surface area contributed by atoms with Crippen LogP contribution in [0.4, 0.5) is 0 Å². The molecule has 3 aromatic rings. The third-order valence-corrected chi connectivity index (χ3v) is 4.13. The quantitative estimate of drug-likeness (QED) is 0.686. The molecule has 4 rings (SSSR count). The van der Waals surface area contributed by atoms with E-state index in [1.54, 1.807) is 11.7 Å². The van der Waals surface area contributed by atoms with Gasteiger partial charge in [-0.1, -0.05) is 6.07 Å². The summed E-state index contributed by atoms with van der Waals surface area (Å²) in [6, 6.07) is 4.20. The Kier molecular flexibility index (Phi) is 3.14. The molecule has 0 radical (unpaired) electrons. The Balaban J connectivity index is 1.62. The zero-order valence-corrected chi connectivity index (χ0v) is 13.1. The highest BCUT2D eigenvalue weighted by Crippen LogP contribution is 2.39. The Hall–Kier alpha value is -2.70. The van der Waals surface area contributed by atoms with Crippen LogP contribution in [0.2, 0.25) is 0 Å². The molecule has 0 bridgehead atoms. The zero-order valence-electron chi connectivity index (χ0n) is 13.1. The SMILES string of the molecule is COC(=O)c1nc(Cc2cn3cc(C4CC4)ccc3n2)n(C)n1. The van der Waals surface area contributed by atoms with E-state index in [1.807, 2.05) is 12.3 Å². The van der Waals surface area contributed by atoms with Gasteiger partial charge in [-0.25, -0.2) is 14.8 Å². The molecule has 118 valence electrons. The summed E-state index contributed by atoms with van der Waals surface area (Å²) in [5.74, 6) is 0.934. The molecule has 1 aliphatic rings. The van der Waals surface area contributed by atoms with Crippen LogP contribution in [0, 0.1) is 0 Å². The van der Waals surface area contributed by atoms with Gasteiger partial charge < -0.3 is 9.14 Å². The van der Waals surface area contributed by atoms with E-state index in [4.69, 9.17) is 0 Å². The number of carbonyl (C=O) groups is 1. The Morgan fingerprint density at radius 3 is 2.87 bits per heavy atom. The molecule has 7 nitrogen and oxygen atoms in total. The van der Waals surface area contributed by atoms with Crippen molar-refractivity contribution >= 4 is 11.6 Å². The van der Waals surface area contributed by atoms with Crippen LogP contribution in [0.3, 0.4) is 0 Å². The van der Waals surface area contributed by atoms with Crippen molar-refractivity contribution in [3.8, 4) is 0 Å². The molecule has 0 amide bonds. The van der Waals surface area contributed by atoms with E-state index in [1.165, 1.54) is 25.5 Å². The molecule has 0 aliphatic heterocycles. The molecule has 0 unspecified atom stereocenters. The van der Waals surface area contributed by atoms with Crippen molar-refractivity contribution < 1.29 is 9.53 Å². The molecule has 0 spiro atoms. The number of nitrogens with zero attached hydrogens (tertiary/aromatic N) is 5. The van der Waals surface area contributed by atoms with Crippen molar-refractivity contribution in [2.24, 2.45) is 7.05 Å². The molecule has 3 heterocycles. The average Bonchev–Trinajstić information content (AvgIpc) is 3.23. The molecule has 0 atom stereocenters. The number of hydrogen-bond donors (Lipinski definition) is 0. The Labute approximate surface area is 132 Å². The topological polar surface area (TPSA) is 74.3 Å². The average molecular weight is 311 g/mol. The van der Waals surface area contributed by atoms with Crippen molar-refractivity contribution in [3.05, 3.63) is 47.4 Å². The Morgan fingerprint density at radius 2 is 2.13 bits per heavy atom. The van der Waals surface area contributed by atoms with Gasteiger partial charge in [-0.3, -0.25) is 4.68 Å². The van der Waals surface area contributed by atoms with E-state index in [2.05, 4.69) is 36.5 Å². The molecule has 3 aromatic heterocycles. The maximum atomic E-state index is 11.5. The maximum Gasteiger partial charge on any atom is 0.377 e. The van der Waals surface area contributed by atoms with Gasteiger partial charge in [-0.05, 0) is 30.4 Å². The fourth-order valence-corrected chi connectivity index (χ4v) is 2.72. The number of ether oxygens (including phenoxy) is 1. The number of rotatable bonds is 4. The van der Waals surface area contributed by atoms with E-state index in [0.29, 0.717) is 18.2 Å². The van der Waals surface area contributed by atoms with Crippen molar-refractivity contribution in [2.45, 2.75) is 25.2 Å². The van der Waals surface area contributed by atoms with E-state index >= 15 is 0 Å². The molecule has 0 N–H and O–H groups in total. The minimum absolute atomic E-state index is 0.0739. The van der Waals surface area contributed by atoms with Gasteiger partial charge in [0.1, 0.15) is 11.5 Å². The third kappa shape index (κ3) is 2.58. The van der Waals surface area contributed by atoms with E-state index in [-0.39, 0.29) is 5.82 Å². The lowest BCUT2D eigenvalue weighted by Crippen LogP contribution is -2.04. The number of fused-ring (bicyclic) bond motifs is 1. The minimum Gasteiger partial charge on any atom is -0.463 e. The largest absolute Gasteiger partial charge is 0.463 e. The highest BCUT2D eigenvalue weighted by atomic mass is 16.5. The highest BCUT2D eigenvalue weighted by molar-refractivity contribution is 5.84. The molecule has 1 saturated carbocycles. The fourth-order valence-electron chi connectivity index (χ4n) is 2.72. The molecular formula is C16H17N5O2. The standard InChI is InChI=1S/C16H17N5O2/c1-20-14(18-15(19-20)16(22)23-2)7-12-9-21-8-11(10-3-4-10)5-6-13(21)17-12/h5-6,8-10H,3-4,7H2,1-2H3. The molecule has 7 heteroatoms. The minimum atomic E-state index is -0.532. The summed E-state index contributed by atoms with van der Waals surface area (Å²) < 4.78 is 8.29. The first-order chi connectivity index (χ1) is 11.1. The smallest absolute Gasteiger partial charge is 0.377 e. The second kappa shape index (κ2) is 5.19. The van der Waals surface area contributed by atoms with Crippen LogP contribution in [0.15, 0.2) is 24.5 Å². The summed E-state index contributed by atoms with van der Waals surface area (Å²) in [6.45, 7) is 0. The summed E-state index contributed by atoms with van der Waals surface area (Å²) in [6.07, 6.45) is 7.24. The number of methoxy groups -OCH3 is 1. The van der Waals surface area contributed by atoms with Crippen LogP contribution in [0.1, 0.15) is 46.5 Å². The van der Waals surface area contributed by atoms with Gasteiger partial charge in [0.15, 0.2) is 0 Å². The number of carbonyl (C=O) groups excluding carboxylic acids is 1. The molecule has 1 fully saturated rings. The van der Waals surface area contributed by atoms with Crippen LogP contribution in [-0.4, -0.2) is 37.2 Å². The molecule has 1 aliphatic carbocycles. The highest BCUT2D eigenvalue weighted by Gasteiger charge is 2.24. The van der Waals surface area contributed by atoms with E-state index in [0.717, 1.165) is 11.3 Å². The fraction of sp³-hybridized carbons (Fsp3) is 0.375. The first-order valence-electron chi connectivity index (χ1n) is 7.60. The van der Waals surface area contributed by atoms with Crippen LogP contribution in [-0.2, 0) is 18.2 Å². The Bertz CT molecular complexity index is 891. The summed E-state index contributed by atoms with van der Waals surface area (Å²) in [4.78, 5) is 20.3. The number of imidazole rings is 1. The van der Waals surface area contributed by atoms with Gasteiger partial charge in [0.25, 0.3) is 5.82 Å². The number of aromatic nitrogens is 5. The van der Waals surface area contributed by atoms with Crippen LogP contribution < -0.4 is 0 Å². The van der Waals surface area contributed by atoms with Gasteiger partial charge >= 0.3 is 5.97 Å². The van der Waals surface area contributed by atoms with Crippen molar-refractivity contribution in [1.29, 1.82) is 0 Å². The van der Waals surface area contributed by atoms with Gasteiger partial charge in [-0.15, -0.1) is 5.10 Å². The van der Waals surface area contributed by atoms with E-state index < -0.39 is 5.97 Å². The molecule has 0 saturated heterocycles. The van der Waals surface area contributed by atoms with Crippen LogP contribution >= 0.6 is 0 Å². The van der Waals surface area contributed by atoms with Crippen molar-refractivity contribution in [1.82, 2.24) is 24.1 Å². The molecular weight excluding hydrogens is 294 g/mol. The lowest BCUT2D eigenvalue weighted by molar-refractivity contribution is 0.0586. The Morgan fingerprint density at radius 1 is 1.30 bits per heavy atom. The first-order valence-corrected chi connectivity index (χ1v) is 7.60. The summed E-state index contributed by atoms with van der Waals surface area (Å²) in [5, 5.41) is 4.07. The van der Waals surface area contributed by atoms with Gasteiger partial charge in [0.2, 0.25) is 0 Å². The lowest BCUT2D eigenvalue weighted by Gasteiger charge is -1.98. The van der Waals surface area contributed by atoms with Crippen LogP contribution in [0.5, 0.6) is 0 Å². The predicted octanol–water partition coefficient (Wildman–Crippen LogP) is 1.72. The number of aryl methyl sites for hydroxylation is 1. The van der Waals surface area contributed by atoms with Crippen LogP contribution in [0.25, 0.3) is 5.65 Å². The van der Waals surface area contributed by atoms with Gasteiger partial charge in [0.05, 0.1) is 19.2 Å². The van der Waals surface area contributed by atoms with Gasteiger partial charge in [0, 0.05) is 19.4 Å². The number of esters is 1. The first kappa shape index (κ1) is 13.9. The zero-order chi connectivity index (χ0) is 16.0. The maximum absolute atomic E-state index is 11.5. The monoisotopic (exact) mass is 311 g/mol. The summed E-state index contributed by atoms with van der Waals surface area (Å²) in [5.41, 5.74) is 3.18. The van der Waals surface area contributed by atoms with Crippen molar-refractivity contribution in [3.63, 3.8) is 0 Å². The predicted molar refractivity (Wildman–Crippen MR) is 82.3 cm³/mol. The molecule has 0 aromatic carbocycles. The summed E-state index contributed by atoms with van der Waals surface area (Å²) in [7, 11) is 3.08. The van der Waals surface area contributed by atoms with Crippen molar-refractivity contribution in [2.75, 3.05) is 7.11 Å². The van der Waals surface area contributed by atoms with E-state index in [9.17, 15) is 4.79 Å². The normalized spacial score (nSPS) is 14.3. The molecule has 23 heavy (non-hydrogen) atoms. The number of hydrogen-bond acceptors (Lipinski definition) is 5. The summed E-state index contributed by atoms with van der Waals surface area (Å²) >= 11 is 0. The second-order valence-corrected chi connectivity index (χ2v) is 5.88. The van der Waals surface area contributed by atoms with Gasteiger partial charge in [-0.2, -0.15) is 0 Å². The number of pyridine rings is 1. The lowest BCUT2D eigenvalue weighted by atomic mass is 10.2. The third-order valence-electron chi connectivity index (χ3n) is 4.13.